The number of nitrogens with one attached hydrogen (secondary N) is 1. The molecule has 1 N–H and O–H groups in total. The van der Waals surface area contributed by atoms with Gasteiger partial charge in [0, 0.05) is 24.7 Å². The van der Waals surface area contributed by atoms with E-state index in [1.165, 1.54) is 11.3 Å². The maximum absolute atomic E-state index is 5.14. The van der Waals surface area contributed by atoms with Gasteiger partial charge in [-0.25, -0.2) is 0 Å². The topological polar surface area (TPSA) is 34.1 Å². The molecule has 1 aliphatic rings. The number of methoxy groups -OCH3 is 1. The normalized spacial score (nSPS) is 20.9. The van der Waals surface area contributed by atoms with Crippen LogP contribution in [0.5, 0.6) is 5.75 Å². The molecule has 0 saturated carbocycles. The lowest BCUT2D eigenvalue weighted by Gasteiger charge is -2.23. The van der Waals surface area contributed by atoms with E-state index in [9.17, 15) is 0 Å². The van der Waals surface area contributed by atoms with Gasteiger partial charge in [-0.1, -0.05) is 0 Å². The predicted octanol–water partition coefficient (Wildman–Crippen LogP) is 1.30. The van der Waals surface area contributed by atoms with E-state index in [0.717, 1.165) is 18.7 Å². The lowest BCUT2D eigenvalue weighted by Crippen LogP contribution is -2.28. The zero-order valence-corrected chi connectivity index (χ0v) is 8.00. The van der Waals surface area contributed by atoms with Crippen LogP contribution in [0.25, 0.3) is 0 Å². The van der Waals surface area contributed by atoms with Crippen molar-refractivity contribution in [2.45, 2.75) is 19.4 Å². The van der Waals surface area contributed by atoms with Crippen LogP contribution in [0.1, 0.15) is 24.2 Å². The molecule has 1 unspecified atom stereocenters. The van der Waals surface area contributed by atoms with E-state index in [1.807, 2.05) is 0 Å². The maximum Gasteiger partial charge on any atom is 0.137 e. The number of nitrogens with zero attached hydrogens (tertiary/aromatic N) is 1. The number of rotatable bonds is 1. The van der Waals surface area contributed by atoms with Crippen LogP contribution < -0.4 is 10.1 Å². The summed E-state index contributed by atoms with van der Waals surface area (Å²) < 4.78 is 5.14. The Morgan fingerprint density at radius 3 is 3.23 bits per heavy atom. The van der Waals surface area contributed by atoms with Gasteiger partial charge in [0.05, 0.1) is 13.3 Å². The van der Waals surface area contributed by atoms with Crippen LogP contribution in [0.15, 0.2) is 12.3 Å². The Morgan fingerprint density at radius 2 is 2.46 bits per heavy atom. The second-order valence-corrected chi connectivity index (χ2v) is 3.34. The van der Waals surface area contributed by atoms with Crippen LogP contribution in [0, 0.1) is 0 Å². The van der Waals surface area contributed by atoms with Gasteiger partial charge in [0.1, 0.15) is 5.75 Å². The van der Waals surface area contributed by atoms with E-state index in [4.69, 9.17) is 4.74 Å². The third kappa shape index (κ3) is 1.52. The van der Waals surface area contributed by atoms with Crippen molar-refractivity contribution in [1.29, 1.82) is 0 Å². The summed E-state index contributed by atoms with van der Waals surface area (Å²) in [5.41, 5.74) is 2.47. The van der Waals surface area contributed by atoms with Crippen molar-refractivity contribution >= 4 is 0 Å². The molecule has 1 aromatic rings. The largest absolute Gasteiger partial charge is 0.495 e. The molecule has 0 aromatic carbocycles. The molecule has 0 aliphatic carbocycles. The highest BCUT2D eigenvalue weighted by Gasteiger charge is 2.16. The summed E-state index contributed by atoms with van der Waals surface area (Å²) in [5.74, 6) is 0.842. The molecule has 13 heavy (non-hydrogen) atoms. The van der Waals surface area contributed by atoms with Gasteiger partial charge in [0.2, 0.25) is 0 Å². The highest BCUT2D eigenvalue weighted by Crippen LogP contribution is 2.24. The summed E-state index contributed by atoms with van der Waals surface area (Å²) in [6.07, 6.45) is 2.81. The Bertz CT molecular complexity index is 312. The highest BCUT2D eigenvalue weighted by atomic mass is 16.5. The average molecular weight is 178 g/mol. The monoisotopic (exact) mass is 178 g/mol. The summed E-state index contributed by atoms with van der Waals surface area (Å²) in [5, 5.41) is 3.39. The van der Waals surface area contributed by atoms with Gasteiger partial charge in [-0.2, -0.15) is 0 Å². The first-order valence-corrected chi connectivity index (χ1v) is 4.57. The average Bonchev–Trinajstić information content (AvgIpc) is 2.18. The van der Waals surface area contributed by atoms with E-state index >= 15 is 0 Å². The lowest BCUT2D eigenvalue weighted by molar-refractivity contribution is 0.409. The maximum atomic E-state index is 5.14. The number of ether oxygens (including phenoxy) is 1. The molecule has 0 saturated heterocycles. The van der Waals surface area contributed by atoms with E-state index in [-0.39, 0.29) is 0 Å². The van der Waals surface area contributed by atoms with Crippen LogP contribution in [-0.2, 0) is 6.42 Å². The molecule has 2 rings (SSSR count). The molecular weight excluding hydrogens is 164 g/mol. The Labute approximate surface area is 78.1 Å². The Hall–Kier alpha value is -1.09. The van der Waals surface area contributed by atoms with Crippen molar-refractivity contribution in [2.75, 3.05) is 13.7 Å². The second kappa shape index (κ2) is 3.34. The fraction of sp³-hybridized carbons (Fsp3) is 0.500. The third-order valence-electron chi connectivity index (χ3n) is 2.49. The minimum absolute atomic E-state index is 0.395. The van der Waals surface area contributed by atoms with Gasteiger partial charge < -0.3 is 10.1 Å². The van der Waals surface area contributed by atoms with E-state index in [0.29, 0.717) is 6.04 Å². The highest BCUT2D eigenvalue weighted by molar-refractivity contribution is 5.33. The molecule has 1 atom stereocenters. The van der Waals surface area contributed by atoms with Crippen molar-refractivity contribution < 1.29 is 4.74 Å². The molecule has 0 amide bonds. The molecule has 0 fully saturated rings. The summed E-state index contributed by atoms with van der Waals surface area (Å²) in [7, 11) is 1.67. The van der Waals surface area contributed by atoms with Gasteiger partial charge in [-0.05, 0) is 18.6 Å². The van der Waals surface area contributed by atoms with Crippen LogP contribution in [-0.4, -0.2) is 18.6 Å². The van der Waals surface area contributed by atoms with Crippen LogP contribution >= 0.6 is 0 Å². The van der Waals surface area contributed by atoms with Crippen LogP contribution in [0.3, 0.4) is 0 Å². The van der Waals surface area contributed by atoms with Crippen LogP contribution in [0.4, 0.5) is 0 Å². The lowest BCUT2D eigenvalue weighted by atomic mass is 10.0. The zero-order valence-electron chi connectivity index (χ0n) is 8.00. The Kier molecular flexibility index (Phi) is 2.19. The molecule has 70 valence electrons. The number of aromatic nitrogens is 1. The van der Waals surface area contributed by atoms with E-state index < -0.39 is 0 Å². The van der Waals surface area contributed by atoms with Crippen molar-refractivity contribution in [3.05, 3.63) is 23.5 Å². The predicted molar refractivity (Wildman–Crippen MR) is 50.9 cm³/mol. The number of fused-ring (bicyclic) bond motifs is 1. The smallest absolute Gasteiger partial charge is 0.137 e. The summed E-state index contributed by atoms with van der Waals surface area (Å²) >= 11 is 0. The number of hydrogen-bond acceptors (Lipinski definition) is 3. The molecule has 3 heteroatoms. The molecule has 2 heterocycles. The Morgan fingerprint density at radius 1 is 1.62 bits per heavy atom. The van der Waals surface area contributed by atoms with E-state index in [2.05, 4.69) is 23.3 Å². The first-order valence-electron chi connectivity index (χ1n) is 4.57. The molecule has 0 bridgehead atoms. The fourth-order valence-electron chi connectivity index (χ4n) is 1.70. The minimum Gasteiger partial charge on any atom is -0.495 e. The van der Waals surface area contributed by atoms with Crippen molar-refractivity contribution in [1.82, 2.24) is 10.3 Å². The summed E-state index contributed by atoms with van der Waals surface area (Å²) in [6, 6.07) is 2.46. The number of pyridine rings is 1. The van der Waals surface area contributed by atoms with Gasteiger partial charge in [0.25, 0.3) is 0 Å². The standard InChI is InChI=1S/C10H14N2O/c1-7-9-5-8(13-2)6-12-10(9)3-4-11-7/h5-7,11H,3-4H2,1-2H3. The molecule has 0 radical (unpaired) electrons. The quantitative estimate of drug-likeness (QED) is 0.703. The summed E-state index contributed by atoms with van der Waals surface area (Å²) in [6.45, 7) is 3.17. The van der Waals surface area contributed by atoms with Crippen molar-refractivity contribution in [3.63, 3.8) is 0 Å². The van der Waals surface area contributed by atoms with Crippen molar-refractivity contribution in [3.8, 4) is 5.75 Å². The minimum atomic E-state index is 0.395. The zero-order chi connectivity index (χ0) is 9.26. The van der Waals surface area contributed by atoms with Gasteiger partial charge in [-0.15, -0.1) is 0 Å². The molecule has 3 nitrogen and oxygen atoms in total. The van der Waals surface area contributed by atoms with E-state index in [1.54, 1.807) is 13.3 Å². The molecule has 0 spiro atoms. The van der Waals surface area contributed by atoms with Gasteiger partial charge in [0.15, 0.2) is 0 Å². The molecular formula is C10H14N2O. The SMILES string of the molecule is COc1cnc2c(c1)C(C)NCC2. The number of hydrogen-bond donors (Lipinski definition) is 1. The summed E-state index contributed by atoms with van der Waals surface area (Å²) in [4.78, 5) is 4.38. The second-order valence-electron chi connectivity index (χ2n) is 3.34. The first kappa shape index (κ1) is 8.51. The van der Waals surface area contributed by atoms with Gasteiger partial charge >= 0.3 is 0 Å². The van der Waals surface area contributed by atoms with Crippen LogP contribution in [0.2, 0.25) is 0 Å². The molecule has 1 aliphatic heterocycles. The first-order chi connectivity index (χ1) is 6.31. The third-order valence-corrected chi connectivity index (χ3v) is 2.49. The molecule has 1 aromatic heterocycles. The van der Waals surface area contributed by atoms with Crippen molar-refractivity contribution in [2.24, 2.45) is 0 Å². The fourth-order valence-corrected chi connectivity index (χ4v) is 1.70. The van der Waals surface area contributed by atoms with Gasteiger partial charge in [-0.3, -0.25) is 4.98 Å². The Balaban J connectivity index is 2.41.